The molecule has 0 saturated carbocycles. The molecule has 0 saturated heterocycles. The maximum absolute atomic E-state index is 6.05. The van der Waals surface area contributed by atoms with E-state index < -0.39 is 0 Å². The highest BCUT2D eigenvalue weighted by Crippen LogP contribution is 2.40. The summed E-state index contributed by atoms with van der Waals surface area (Å²) in [4.78, 5) is 2.45. The van der Waals surface area contributed by atoms with Crippen molar-refractivity contribution in [2.45, 2.75) is 32.7 Å². The molecule has 0 bridgehead atoms. The Labute approximate surface area is 156 Å². The van der Waals surface area contributed by atoms with E-state index >= 15 is 0 Å². The Morgan fingerprint density at radius 3 is 2.73 bits per heavy atom. The van der Waals surface area contributed by atoms with Crippen LogP contribution in [0.4, 0.5) is 0 Å². The lowest BCUT2D eigenvalue weighted by atomic mass is 10.0. The van der Waals surface area contributed by atoms with Crippen LogP contribution in [0, 0.1) is 0 Å². The molecule has 0 atom stereocenters. The van der Waals surface area contributed by atoms with Crippen LogP contribution >= 0.6 is 0 Å². The van der Waals surface area contributed by atoms with Gasteiger partial charge in [0.05, 0.1) is 12.3 Å². The Morgan fingerprint density at radius 2 is 1.85 bits per heavy atom. The molecule has 0 radical (unpaired) electrons. The van der Waals surface area contributed by atoms with E-state index in [-0.39, 0.29) is 0 Å². The minimum absolute atomic E-state index is 0.744. The third-order valence-electron chi connectivity index (χ3n) is 5.43. The van der Waals surface area contributed by atoms with E-state index in [0.717, 1.165) is 38.4 Å². The zero-order chi connectivity index (χ0) is 17.9. The van der Waals surface area contributed by atoms with Crippen molar-refractivity contribution in [3.63, 3.8) is 0 Å². The number of hydrogen-bond donors (Lipinski definition) is 0. The van der Waals surface area contributed by atoms with E-state index in [0.29, 0.717) is 0 Å². The first-order valence-corrected chi connectivity index (χ1v) is 9.80. The quantitative estimate of drug-likeness (QED) is 0.625. The van der Waals surface area contributed by atoms with E-state index in [1.165, 1.54) is 40.6 Å². The van der Waals surface area contributed by atoms with Crippen LogP contribution in [-0.4, -0.2) is 36.2 Å². The van der Waals surface area contributed by atoms with Gasteiger partial charge in [-0.3, -0.25) is 0 Å². The van der Waals surface area contributed by atoms with Gasteiger partial charge in [0.2, 0.25) is 0 Å². The largest absolute Gasteiger partial charge is 0.493 e. The zero-order valence-electron chi connectivity index (χ0n) is 15.9. The average Bonchev–Trinajstić information content (AvgIpc) is 2.85. The molecule has 0 amide bonds. The van der Waals surface area contributed by atoms with Crippen molar-refractivity contribution < 1.29 is 4.74 Å². The zero-order valence-corrected chi connectivity index (χ0v) is 15.9. The number of likely N-dealkylation sites (N-methyl/N-ethyl adjacent to an activating group) is 1. The Bertz CT molecular complexity index is 896. The summed E-state index contributed by atoms with van der Waals surface area (Å²) >= 11 is 0. The van der Waals surface area contributed by atoms with Crippen molar-refractivity contribution in [1.82, 2.24) is 9.47 Å². The highest BCUT2D eigenvalue weighted by atomic mass is 16.5. The first kappa shape index (κ1) is 17.2. The molecule has 0 N–H and O–H groups in total. The minimum Gasteiger partial charge on any atom is -0.493 e. The van der Waals surface area contributed by atoms with Gasteiger partial charge in [0, 0.05) is 36.0 Å². The topological polar surface area (TPSA) is 17.4 Å². The Morgan fingerprint density at radius 1 is 1.04 bits per heavy atom. The number of aromatic nitrogens is 1. The molecule has 0 fully saturated rings. The normalized spacial score (nSPS) is 13.3. The molecule has 3 nitrogen and oxygen atoms in total. The van der Waals surface area contributed by atoms with Gasteiger partial charge in [-0.15, -0.1) is 0 Å². The van der Waals surface area contributed by atoms with Crippen LogP contribution in [0.5, 0.6) is 5.75 Å². The lowest BCUT2D eigenvalue weighted by Gasteiger charge is -2.19. The smallest absolute Gasteiger partial charge is 0.128 e. The average molecular weight is 348 g/mol. The molecule has 1 aliphatic rings. The molecule has 3 aromatic rings. The number of unbranched alkanes of at least 4 members (excludes halogenated alkanes) is 1. The number of rotatable bonds is 6. The number of nitrogens with zero attached hydrogens (tertiary/aromatic N) is 2. The first-order chi connectivity index (χ1) is 12.8. The standard InChI is InChI=1S/C23H28N2O/c1-3-4-14-24(2)15-16-25-21-11-7-5-9-18(21)19-13-17-26-22-12-8-6-10-20(22)23(19)25/h5-12H,3-4,13-17H2,1-2H3. The van der Waals surface area contributed by atoms with Crippen molar-refractivity contribution in [3.8, 4) is 17.0 Å². The van der Waals surface area contributed by atoms with Crippen LogP contribution in [-0.2, 0) is 13.0 Å². The summed E-state index contributed by atoms with van der Waals surface area (Å²) in [5.74, 6) is 1.01. The molecule has 26 heavy (non-hydrogen) atoms. The monoisotopic (exact) mass is 348 g/mol. The second kappa shape index (κ2) is 7.55. The number of fused-ring (bicyclic) bond motifs is 5. The van der Waals surface area contributed by atoms with Crippen LogP contribution in [0.25, 0.3) is 22.2 Å². The van der Waals surface area contributed by atoms with Crippen molar-refractivity contribution >= 4 is 10.9 Å². The van der Waals surface area contributed by atoms with Crippen LogP contribution in [0.3, 0.4) is 0 Å². The van der Waals surface area contributed by atoms with Crippen molar-refractivity contribution in [1.29, 1.82) is 0 Å². The second-order valence-electron chi connectivity index (χ2n) is 7.25. The van der Waals surface area contributed by atoms with Gasteiger partial charge in [-0.25, -0.2) is 0 Å². The maximum Gasteiger partial charge on any atom is 0.128 e. The summed E-state index contributed by atoms with van der Waals surface area (Å²) in [6.07, 6.45) is 3.47. The summed E-state index contributed by atoms with van der Waals surface area (Å²) in [5, 5.41) is 1.37. The van der Waals surface area contributed by atoms with Gasteiger partial charge in [0.25, 0.3) is 0 Å². The van der Waals surface area contributed by atoms with E-state index in [4.69, 9.17) is 4.74 Å². The minimum atomic E-state index is 0.744. The number of ether oxygens (including phenoxy) is 1. The molecule has 0 spiro atoms. The van der Waals surface area contributed by atoms with Gasteiger partial charge in [-0.1, -0.05) is 43.7 Å². The van der Waals surface area contributed by atoms with Crippen LogP contribution in [0.1, 0.15) is 25.3 Å². The predicted octanol–water partition coefficient (Wildman–Crippen LogP) is 4.98. The Hall–Kier alpha value is -2.26. The second-order valence-corrected chi connectivity index (χ2v) is 7.25. The lowest BCUT2D eigenvalue weighted by Crippen LogP contribution is -2.24. The first-order valence-electron chi connectivity index (χ1n) is 9.80. The van der Waals surface area contributed by atoms with Crippen molar-refractivity contribution in [2.24, 2.45) is 0 Å². The Kier molecular flexibility index (Phi) is 4.98. The fourth-order valence-corrected chi connectivity index (χ4v) is 4.03. The number of hydrogen-bond acceptors (Lipinski definition) is 2. The molecule has 0 unspecified atom stereocenters. The third kappa shape index (κ3) is 3.12. The molecule has 1 aromatic heterocycles. The van der Waals surface area contributed by atoms with Crippen LogP contribution in [0.2, 0.25) is 0 Å². The molecule has 4 rings (SSSR count). The van der Waals surface area contributed by atoms with Gasteiger partial charge in [0.15, 0.2) is 0 Å². The lowest BCUT2D eigenvalue weighted by molar-refractivity contribution is 0.315. The molecular weight excluding hydrogens is 320 g/mol. The molecule has 1 aliphatic heterocycles. The SMILES string of the molecule is CCCCN(C)CCn1c2c(c3ccccc31)CCOc1ccccc1-2. The highest BCUT2D eigenvalue weighted by Gasteiger charge is 2.23. The van der Waals surface area contributed by atoms with Crippen LogP contribution in [0.15, 0.2) is 48.5 Å². The molecule has 2 aromatic carbocycles. The van der Waals surface area contributed by atoms with E-state index in [1.807, 2.05) is 0 Å². The van der Waals surface area contributed by atoms with E-state index in [1.54, 1.807) is 0 Å². The molecule has 3 heteroatoms. The van der Waals surface area contributed by atoms with E-state index in [9.17, 15) is 0 Å². The molecule has 0 aliphatic carbocycles. The highest BCUT2D eigenvalue weighted by molar-refractivity contribution is 5.93. The maximum atomic E-state index is 6.05. The van der Waals surface area contributed by atoms with Gasteiger partial charge in [0.1, 0.15) is 5.75 Å². The predicted molar refractivity (Wildman–Crippen MR) is 109 cm³/mol. The summed E-state index contributed by atoms with van der Waals surface area (Å²) in [6.45, 7) is 6.23. The Balaban J connectivity index is 1.79. The summed E-state index contributed by atoms with van der Waals surface area (Å²) in [6, 6.07) is 17.3. The van der Waals surface area contributed by atoms with Gasteiger partial charge in [-0.2, -0.15) is 0 Å². The fraction of sp³-hybridized carbons (Fsp3) is 0.391. The van der Waals surface area contributed by atoms with Crippen molar-refractivity contribution in [2.75, 3.05) is 26.7 Å². The molecule has 136 valence electrons. The fourth-order valence-electron chi connectivity index (χ4n) is 4.03. The van der Waals surface area contributed by atoms with Crippen LogP contribution < -0.4 is 4.74 Å². The summed E-state index contributed by atoms with van der Waals surface area (Å²) in [5.41, 5.74) is 5.36. The summed E-state index contributed by atoms with van der Waals surface area (Å²) < 4.78 is 8.56. The number of benzene rings is 2. The molecular formula is C23H28N2O. The third-order valence-corrected chi connectivity index (χ3v) is 5.43. The summed E-state index contributed by atoms with van der Waals surface area (Å²) in [7, 11) is 2.23. The van der Waals surface area contributed by atoms with Gasteiger partial charge >= 0.3 is 0 Å². The van der Waals surface area contributed by atoms with E-state index in [2.05, 4.69) is 72.0 Å². The molecule has 2 heterocycles. The van der Waals surface area contributed by atoms with Crippen molar-refractivity contribution in [3.05, 3.63) is 54.1 Å². The van der Waals surface area contributed by atoms with Gasteiger partial charge in [-0.05, 0) is 43.8 Å². The number of para-hydroxylation sites is 2. The van der Waals surface area contributed by atoms with Gasteiger partial charge < -0.3 is 14.2 Å².